The van der Waals surface area contributed by atoms with Crippen molar-refractivity contribution in [3.8, 4) is 0 Å². The molecule has 1 aliphatic carbocycles. The van der Waals surface area contributed by atoms with Gasteiger partial charge in [-0.25, -0.2) is 0 Å². The highest BCUT2D eigenvalue weighted by atomic mass is 15.1. The first-order valence-corrected chi connectivity index (χ1v) is 9.54. The summed E-state index contributed by atoms with van der Waals surface area (Å²) in [5.41, 5.74) is 6.04. The third-order valence-electron chi connectivity index (χ3n) is 6.27. The van der Waals surface area contributed by atoms with Crippen LogP contribution in [0.1, 0.15) is 63.3 Å². The van der Waals surface area contributed by atoms with Gasteiger partial charge in [0, 0.05) is 13.2 Å². The fourth-order valence-corrected chi connectivity index (χ4v) is 4.27. The number of allylic oxidation sites excluding steroid dienone is 1. The van der Waals surface area contributed by atoms with E-state index >= 15 is 0 Å². The van der Waals surface area contributed by atoms with Gasteiger partial charge in [-0.05, 0) is 60.3 Å². The molecule has 0 aromatic heterocycles. The Morgan fingerprint density at radius 1 is 1.16 bits per heavy atom. The van der Waals surface area contributed by atoms with Crippen LogP contribution in [0.25, 0.3) is 5.57 Å². The molecule has 1 saturated carbocycles. The van der Waals surface area contributed by atoms with Crippen LogP contribution in [0.2, 0.25) is 0 Å². The average molecular weight is 334 g/mol. The van der Waals surface area contributed by atoms with Crippen LogP contribution in [0.5, 0.6) is 0 Å². The lowest BCUT2D eigenvalue weighted by Crippen LogP contribution is -2.21. The van der Waals surface area contributed by atoms with Crippen molar-refractivity contribution >= 4 is 5.57 Å². The van der Waals surface area contributed by atoms with Crippen molar-refractivity contribution in [2.75, 3.05) is 7.05 Å². The van der Waals surface area contributed by atoms with Crippen molar-refractivity contribution in [2.45, 2.75) is 52.0 Å². The molecule has 3 unspecified atom stereocenters. The second-order valence-corrected chi connectivity index (χ2v) is 7.72. The average Bonchev–Trinajstić information content (AvgIpc) is 3.33. The van der Waals surface area contributed by atoms with Crippen LogP contribution in [0, 0.1) is 5.92 Å². The Morgan fingerprint density at radius 2 is 1.76 bits per heavy atom. The molecule has 1 fully saturated rings. The minimum atomic E-state index is 0.367. The topological polar surface area (TPSA) is 3.24 Å². The number of nitrogens with zero attached hydrogens (tertiary/aromatic N) is 1. The van der Waals surface area contributed by atoms with Crippen molar-refractivity contribution in [1.82, 2.24) is 4.90 Å². The molecule has 0 aliphatic heterocycles. The van der Waals surface area contributed by atoms with Crippen molar-refractivity contribution < 1.29 is 0 Å². The fourth-order valence-electron chi connectivity index (χ4n) is 4.27. The SMILES string of the molecule is CCC1(c2ccccc2C(C)N(C)/C=C(\C)c2ccccc2)CC1C. The molecular formula is C24H31N. The van der Waals surface area contributed by atoms with Gasteiger partial charge in [0.05, 0.1) is 6.04 Å². The van der Waals surface area contributed by atoms with Crippen LogP contribution in [0.15, 0.2) is 60.8 Å². The van der Waals surface area contributed by atoms with Gasteiger partial charge in [0.15, 0.2) is 0 Å². The maximum absolute atomic E-state index is 2.40. The fraction of sp³-hybridized carbons (Fsp3) is 0.417. The first-order valence-electron chi connectivity index (χ1n) is 9.54. The number of hydrogen-bond donors (Lipinski definition) is 0. The minimum Gasteiger partial charge on any atom is -0.373 e. The van der Waals surface area contributed by atoms with Gasteiger partial charge in [0.1, 0.15) is 0 Å². The van der Waals surface area contributed by atoms with E-state index in [1.807, 2.05) is 0 Å². The molecule has 3 rings (SSSR count). The summed E-state index contributed by atoms with van der Waals surface area (Å²) in [6.07, 6.45) is 4.85. The second kappa shape index (κ2) is 7.07. The van der Waals surface area contributed by atoms with Crippen LogP contribution in [0.4, 0.5) is 0 Å². The summed E-state index contributed by atoms with van der Waals surface area (Å²) in [5.74, 6) is 0.803. The van der Waals surface area contributed by atoms with Crippen LogP contribution in [-0.4, -0.2) is 11.9 Å². The zero-order chi connectivity index (χ0) is 18.0. The van der Waals surface area contributed by atoms with Crippen LogP contribution >= 0.6 is 0 Å². The molecule has 132 valence electrons. The van der Waals surface area contributed by atoms with E-state index in [1.165, 1.54) is 29.5 Å². The van der Waals surface area contributed by atoms with Crippen molar-refractivity contribution in [3.63, 3.8) is 0 Å². The molecule has 1 heteroatoms. The Morgan fingerprint density at radius 3 is 2.36 bits per heavy atom. The highest BCUT2D eigenvalue weighted by Gasteiger charge is 2.51. The molecular weight excluding hydrogens is 302 g/mol. The van der Waals surface area contributed by atoms with Gasteiger partial charge < -0.3 is 4.90 Å². The van der Waals surface area contributed by atoms with E-state index in [2.05, 4.69) is 100 Å². The minimum absolute atomic E-state index is 0.367. The molecule has 1 nitrogen and oxygen atoms in total. The number of hydrogen-bond acceptors (Lipinski definition) is 1. The Hall–Kier alpha value is -2.02. The van der Waals surface area contributed by atoms with E-state index in [0.29, 0.717) is 11.5 Å². The molecule has 0 radical (unpaired) electrons. The van der Waals surface area contributed by atoms with Crippen molar-refractivity contribution in [2.24, 2.45) is 5.92 Å². The summed E-state index contributed by atoms with van der Waals surface area (Å²) >= 11 is 0. The Balaban J connectivity index is 1.88. The largest absolute Gasteiger partial charge is 0.373 e. The van der Waals surface area contributed by atoms with Gasteiger partial charge in [0.2, 0.25) is 0 Å². The smallest absolute Gasteiger partial charge is 0.0508 e. The molecule has 25 heavy (non-hydrogen) atoms. The maximum atomic E-state index is 2.40. The molecule has 0 N–H and O–H groups in total. The van der Waals surface area contributed by atoms with Gasteiger partial charge in [-0.1, -0.05) is 68.4 Å². The van der Waals surface area contributed by atoms with E-state index in [1.54, 1.807) is 5.56 Å². The van der Waals surface area contributed by atoms with Crippen molar-refractivity contribution in [1.29, 1.82) is 0 Å². The third kappa shape index (κ3) is 3.38. The molecule has 0 bridgehead atoms. The predicted molar refractivity (Wildman–Crippen MR) is 108 cm³/mol. The highest BCUT2D eigenvalue weighted by molar-refractivity contribution is 5.63. The van der Waals surface area contributed by atoms with E-state index in [9.17, 15) is 0 Å². The second-order valence-electron chi connectivity index (χ2n) is 7.72. The monoisotopic (exact) mass is 333 g/mol. The van der Waals surface area contributed by atoms with Gasteiger partial charge in [-0.15, -0.1) is 0 Å². The van der Waals surface area contributed by atoms with Gasteiger partial charge in [0.25, 0.3) is 0 Å². The maximum Gasteiger partial charge on any atom is 0.0508 e. The summed E-state index contributed by atoms with van der Waals surface area (Å²) < 4.78 is 0. The van der Waals surface area contributed by atoms with Crippen LogP contribution in [-0.2, 0) is 5.41 Å². The van der Waals surface area contributed by atoms with E-state index in [-0.39, 0.29) is 0 Å². The Bertz CT molecular complexity index is 742. The Labute approximate surface area is 153 Å². The summed E-state index contributed by atoms with van der Waals surface area (Å²) in [5, 5.41) is 0. The van der Waals surface area contributed by atoms with E-state index in [0.717, 1.165) is 5.92 Å². The lowest BCUT2D eigenvalue weighted by molar-refractivity contribution is 0.357. The quantitative estimate of drug-likeness (QED) is 0.589. The summed E-state index contributed by atoms with van der Waals surface area (Å²) in [6, 6.07) is 20.1. The van der Waals surface area contributed by atoms with Crippen molar-refractivity contribution in [3.05, 3.63) is 77.5 Å². The summed E-state index contributed by atoms with van der Waals surface area (Å²) in [6.45, 7) is 9.26. The predicted octanol–water partition coefficient (Wildman–Crippen LogP) is 6.43. The lowest BCUT2D eigenvalue weighted by atomic mass is 9.85. The molecule has 3 atom stereocenters. The first-order chi connectivity index (χ1) is 12.0. The molecule has 0 saturated heterocycles. The third-order valence-corrected chi connectivity index (χ3v) is 6.27. The number of rotatable bonds is 6. The number of benzene rings is 2. The zero-order valence-electron chi connectivity index (χ0n) is 16.3. The molecule has 0 heterocycles. The Kier molecular flexibility index (Phi) is 5.03. The summed E-state index contributed by atoms with van der Waals surface area (Å²) in [7, 11) is 2.20. The first kappa shape index (κ1) is 17.8. The van der Waals surface area contributed by atoms with Crippen LogP contribution in [0.3, 0.4) is 0 Å². The van der Waals surface area contributed by atoms with Gasteiger partial charge in [-0.3, -0.25) is 0 Å². The lowest BCUT2D eigenvalue weighted by Gasteiger charge is -2.29. The zero-order valence-corrected chi connectivity index (χ0v) is 16.3. The standard InChI is InChI=1S/C24H31N/c1-6-24(16-19(24)3)23-15-11-10-14-22(23)20(4)25(5)17-18(2)21-12-8-7-9-13-21/h7-15,17,19-20H,6,16H2,1-5H3/b18-17+. The van der Waals surface area contributed by atoms with Gasteiger partial charge >= 0.3 is 0 Å². The van der Waals surface area contributed by atoms with Gasteiger partial charge in [-0.2, -0.15) is 0 Å². The molecule has 2 aromatic carbocycles. The summed E-state index contributed by atoms with van der Waals surface area (Å²) in [4.78, 5) is 2.36. The molecule has 0 spiro atoms. The normalized spacial score (nSPS) is 24.0. The van der Waals surface area contributed by atoms with Crippen LogP contribution < -0.4 is 0 Å². The molecule has 0 amide bonds. The van der Waals surface area contributed by atoms with E-state index < -0.39 is 0 Å². The molecule has 1 aliphatic rings. The van der Waals surface area contributed by atoms with E-state index in [4.69, 9.17) is 0 Å². The highest BCUT2D eigenvalue weighted by Crippen LogP contribution is 2.57. The molecule has 2 aromatic rings.